The largest absolute Gasteiger partial charge is 0.379 e. The zero-order valence-electron chi connectivity index (χ0n) is 26.5. The summed E-state index contributed by atoms with van der Waals surface area (Å²) in [6.45, 7) is 7.40. The molecule has 5 aromatic rings. The number of hydroxylamine groups is 1. The maximum Gasteiger partial charge on any atom is 0.261 e. The number of carbonyl (C=O) groups excluding carboxylic acids is 4. The van der Waals surface area contributed by atoms with Gasteiger partial charge < -0.3 is 4.74 Å². The number of imide groups is 2. The van der Waals surface area contributed by atoms with E-state index in [0.29, 0.717) is 85.4 Å². The van der Waals surface area contributed by atoms with Crippen molar-refractivity contribution in [2.45, 2.75) is 12.8 Å². The van der Waals surface area contributed by atoms with Crippen LogP contribution in [0.2, 0.25) is 0 Å². The fourth-order valence-electron chi connectivity index (χ4n) is 8.16. The lowest BCUT2D eigenvalue weighted by atomic mass is 9.82. The fraction of sp³-hybridized carbons (Fsp3) is 0.351. The molecule has 11 heteroatoms. The number of hydrogen-bond donors (Lipinski definition) is 1. The molecule has 244 valence electrons. The highest BCUT2D eigenvalue weighted by molar-refractivity contribution is 6.41. The number of benzene rings is 5. The summed E-state index contributed by atoms with van der Waals surface area (Å²) < 4.78 is 5.44. The van der Waals surface area contributed by atoms with E-state index in [9.17, 15) is 19.2 Å². The third-order valence-corrected chi connectivity index (χ3v) is 10.5. The van der Waals surface area contributed by atoms with Gasteiger partial charge >= 0.3 is 0 Å². The minimum atomic E-state index is -0.280. The minimum absolute atomic E-state index is 0.268. The van der Waals surface area contributed by atoms with E-state index in [1.54, 1.807) is 0 Å². The highest BCUT2D eigenvalue weighted by Crippen LogP contribution is 2.46. The highest BCUT2D eigenvalue weighted by atomic mass is 16.6. The molecule has 2 fully saturated rings. The van der Waals surface area contributed by atoms with Gasteiger partial charge in [-0.3, -0.25) is 43.6 Å². The number of fused-ring (bicyclic) bond motifs is 2. The zero-order valence-corrected chi connectivity index (χ0v) is 26.5. The highest BCUT2D eigenvalue weighted by Gasteiger charge is 2.36. The number of hydrogen-bond acceptors (Lipinski definition) is 9. The Morgan fingerprint density at radius 3 is 1.33 bits per heavy atom. The predicted molar refractivity (Wildman–Crippen MR) is 180 cm³/mol. The van der Waals surface area contributed by atoms with Crippen molar-refractivity contribution in [3.63, 3.8) is 0 Å². The maximum absolute atomic E-state index is 13.8. The summed E-state index contributed by atoms with van der Waals surface area (Å²) in [5.74, 6) is -1.10. The van der Waals surface area contributed by atoms with Crippen LogP contribution in [0.3, 0.4) is 0 Å². The molecule has 4 aliphatic heterocycles. The first-order valence-electron chi connectivity index (χ1n) is 16.8. The van der Waals surface area contributed by atoms with E-state index in [-0.39, 0.29) is 23.6 Å². The van der Waals surface area contributed by atoms with Crippen molar-refractivity contribution in [3.05, 3.63) is 70.8 Å². The van der Waals surface area contributed by atoms with Crippen LogP contribution in [0.25, 0.3) is 43.1 Å². The number of carbonyl (C=O) groups is 4. The topological polar surface area (TPSA) is 112 Å². The van der Waals surface area contributed by atoms with Crippen molar-refractivity contribution in [1.29, 1.82) is 0 Å². The molecular formula is C37H35N5O6. The van der Waals surface area contributed by atoms with Gasteiger partial charge in [0.15, 0.2) is 0 Å². The molecular weight excluding hydrogens is 610 g/mol. The molecule has 0 spiro atoms. The maximum atomic E-state index is 13.8. The second kappa shape index (κ2) is 11.6. The Morgan fingerprint density at radius 2 is 0.917 bits per heavy atom. The number of morpholine rings is 1. The van der Waals surface area contributed by atoms with Gasteiger partial charge in [-0.1, -0.05) is 24.3 Å². The van der Waals surface area contributed by atoms with Gasteiger partial charge in [-0.25, -0.2) is 0 Å². The molecule has 2 saturated heterocycles. The lowest BCUT2D eigenvalue weighted by molar-refractivity contribution is -0.0457. The van der Waals surface area contributed by atoms with E-state index in [1.807, 2.05) is 48.5 Å². The Labute approximate surface area is 276 Å². The molecule has 5 aromatic carbocycles. The third kappa shape index (κ3) is 4.46. The predicted octanol–water partition coefficient (Wildman–Crippen LogP) is 3.84. The summed E-state index contributed by atoms with van der Waals surface area (Å²) in [5, 5.41) is 6.65. The molecule has 1 N–H and O–H groups in total. The van der Waals surface area contributed by atoms with E-state index in [0.717, 1.165) is 65.0 Å². The summed E-state index contributed by atoms with van der Waals surface area (Å²) in [5.41, 5.74) is 4.97. The number of nitrogens with one attached hydrogen (secondary N) is 1. The quantitative estimate of drug-likeness (QED) is 0.153. The van der Waals surface area contributed by atoms with Gasteiger partial charge in [0.2, 0.25) is 0 Å². The van der Waals surface area contributed by atoms with Crippen molar-refractivity contribution >= 4 is 66.7 Å². The van der Waals surface area contributed by atoms with Crippen LogP contribution in [0.1, 0.15) is 54.3 Å². The second-order valence-electron chi connectivity index (χ2n) is 13.1. The average molecular weight is 646 g/mol. The van der Waals surface area contributed by atoms with E-state index in [1.165, 1.54) is 9.80 Å². The molecule has 48 heavy (non-hydrogen) atoms. The molecule has 4 aliphatic rings. The van der Waals surface area contributed by atoms with E-state index in [4.69, 9.17) is 9.57 Å². The van der Waals surface area contributed by atoms with Gasteiger partial charge in [-0.15, -0.1) is 0 Å². The fourth-order valence-corrected chi connectivity index (χ4v) is 8.16. The molecule has 11 nitrogen and oxygen atoms in total. The number of nitrogens with zero attached hydrogens (tertiary/aromatic N) is 4. The number of amides is 4. The first-order chi connectivity index (χ1) is 23.5. The minimum Gasteiger partial charge on any atom is -0.379 e. The van der Waals surface area contributed by atoms with Crippen LogP contribution in [-0.4, -0.2) is 116 Å². The molecule has 0 radical (unpaired) electrons. The monoisotopic (exact) mass is 645 g/mol. The van der Waals surface area contributed by atoms with Gasteiger partial charge in [-0.2, -0.15) is 5.48 Å². The van der Waals surface area contributed by atoms with Crippen LogP contribution < -0.4 is 5.48 Å². The molecule has 0 bridgehead atoms. The molecule has 9 rings (SSSR count). The number of rotatable bonds is 8. The van der Waals surface area contributed by atoms with Gasteiger partial charge in [0.1, 0.15) is 0 Å². The Balaban J connectivity index is 1.08. The molecule has 0 aliphatic carbocycles. The standard InChI is InChI=1S/C37H35N5O6/c43-34-26-7-3-22-24-5-9-28-33-29(37(46)42(36(28)45)14-2-12-40-17-20-48-38-21-40)10-6-25(31(24)33)23-4-8-27(32(26)30(22)23)35(44)41(34)13-1-11-39-15-18-47-19-16-39/h3-10,38H,1-2,11-21H2. The van der Waals surface area contributed by atoms with Crippen LogP contribution in [0.4, 0.5) is 0 Å². The SMILES string of the molecule is O=C1c2ccc3c4ccc5c6c(ccc(c7ccc(c2c37)C(=O)N1CCCN1CCOCC1)c64)C(=O)N(CCCN1CCONC1)C5=O. The molecule has 4 heterocycles. The summed E-state index contributed by atoms with van der Waals surface area (Å²) in [7, 11) is 0. The second-order valence-corrected chi connectivity index (χ2v) is 13.1. The lowest BCUT2D eigenvalue weighted by Gasteiger charge is -2.31. The van der Waals surface area contributed by atoms with Gasteiger partial charge in [0.25, 0.3) is 23.6 Å². The summed E-state index contributed by atoms with van der Waals surface area (Å²) >= 11 is 0. The van der Waals surface area contributed by atoms with Crippen LogP contribution in [-0.2, 0) is 9.57 Å². The normalized spacial score (nSPS) is 19.2. The van der Waals surface area contributed by atoms with Gasteiger partial charge in [0, 0.05) is 78.8 Å². The van der Waals surface area contributed by atoms with Crippen LogP contribution >= 0.6 is 0 Å². The zero-order chi connectivity index (χ0) is 32.5. The van der Waals surface area contributed by atoms with Crippen LogP contribution in [0, 0.1) is 0 Å². The average Bonchev–Trinajstić information content (AvgIpc) is 3.12. The summed E-state index contributed by atoms with van der Waals surface area (Å²) in [4.78, 5) is 67.8. The molecule has 0 saturated carbocycles. The Hall–Kier alpha value is -4.52. The number of ether oxygens (including phenoxy) is 1. The van der Waals surface area contributed by atoms with Crippen LogP contribution in [0.15, 0.2) is 48.5 Å². The van der Waals surface area contributed by atoms with E-state index < -0.39 is 0 Å². The van der Waals surface area contributed by atoms with Crippen molar-refractivity contribution in [2.24, 2.45) is 0 Å². The third-order valence-electron chi connectivity index (χ3n) is 10.5. The smallest absolute Gasteiger partial charge is 0.261 e. The van der Waals surface area contributed by atoms with Gasteiger partial charge in [0.05, 0.1) is 26.5 Å². The molecule has 0 aromatic heterocycles. The van der Waals surface area contributed by atoms with E-state index in [2.05, 4.69) is 15.3 Å². The molecule has 0 atom stereocenters. The summed E-state index contributed by atoms with van der Waals surface area (Å²) in [6.07, 6.45) is 1.36. The molecule has 0 unspecified atom stereocenters. The van der Waals surface area contributed by atoms with Gasteiger partial charge in [-0.05, 0) is 69.4 Å². The van der Waals surface area contributed by atoms with Crippen molar-refractivity contribution in [3.8, 4) is 0 Å². The van der Waals surface area contributed by atoms with Crippen molar-refractivity contribution in [1.82, 2.24) is 25.1 Å². The van der Waals surface area contributed by atoms with Crippen LogP contribution in [0.5, 0.6) is 0 Å². The summed E-state index contributed by atoms with van der Waals surface area (Å²) in [6, 6.07) is 15.1. The molecule has 4 amide bonds. The lowest BCUT2D eigenvalue weighted by Crippen LogP contribution is -2.45. The van der Waals surface area contributed by atoms with E-state index >= 15 is 0 Å². The Morgan fingerprint density at radius 1 is 0.500 bits per heavy atom. The first kappa shape index (κ1) is 29.6. The Kier molecular flexibility index (Phi) is 7.14. The Bertz CT molecular complexity index is 1900. The van der Waals surface area contributed by atoms with Crippen molar-refractivity contribution in [2.75, 3.05) is 72.3 Å². The van der Waals surface area contributed by atoms with Crippen molar-refractivity contribution < 1.29 is 28.8 Å². The first-order valence-corrected chi connectivity index (χ1v) is 16.8.